The second-order valence-electron chi connectivity index (χ2n) is 7.08. The molecule has 8 heteroatoms. The first-order chi connectivity index (χ1) is 11.8. The summed E-state index contributed by atoms with van der Waals surface area (Å²) in [7, 11) is 0. The third kappa shape index (κ3) is 4.76. The van der Waals surface area contributed by atoms with Gasteiger partial charge in [0, 0.05) is 22.7 Å². The first kappa shape index (κ1) is 17.3. The summed E-state index contributed by atoms with van der Waals surface area (Å²) in [6.07, 6.45) is 2.29. The maximum atomic E-state index is 12.1. The van der Waals surface area contributed by atoms with E-state index in [1.54, 1.807) is 24.3 Å². The topological polar surface area (TPSA) is 96.0 Å². The highest BCUT2D eigenvalue weighted by Crippen LogP contribution is 2.42. The Kier molecular flexibility index (Phi) is 4.71. The smallest absolute Gasteiger partial charge is 0.325 e. The van der Waals surface area contributed by atoms with Gasteiger partial charge in [-0.25, -0.2) is 4.79 Å². The van der Waals surface area contributed by atoms with Crippen LogP contribution in [0, 0.1) is 5.41 Å². The van der Waals surface area contributed by atoms with Gasteiger partial charge >= 0.3 is 6.03 Å². The highest BCUT2D eigenvalue weighted by molar-refractivity contribution is 7.15. The Balaban J connectivity index is 1.58. The molecule has 0 atom stereocenters. The highest BCUT2D eigenvalue weighted by atomic mass is 32.1. The molecule has 0 spiro atoms. The number of amides is 3. The lowest BCUT2D eigenvalue weighted by Crippen LogP contribution is -2.27. The van der Waals surface area contributed by atoms with E-state index in [1.807, 2.05) is 20.8 Å². The van der Waals surface area contributed by atoms with E-state index < -0.39 is 11.4 Å². The second kappa shape index (κ2) is 6.79. The van der Waals surface area contributed by atoms with Crippen molar-refractivity contribution in [1.29, 1.82) is 0 Å². The number of rotatable bonds is 4. The van der Waals surface area contributed by atoms with Gasteiger partial charge in [0.05, 0.1) is 0 Å². The predicted molar refractivity (Wildman–Crippen MR) is 99.1 cm³/mol. The summed E-state index contributed by atoms with van der Waals surface area (Å²) in [5.41, 5.74) is 0.721. The van der Waals surface area contributed by atoms with E-state index in [-0.39, 0.29) is 5.91 Å². The van der Waals surface area contributed by atoms with Crippen molar-refractivity contribution >= 4 is 39.8 Å². The minimum atomic E-state index is -0.488. The Labute approximate surface area is 150 Å². The van der Waals surface area contributed by atoms with Crippen LogP contribution in [0.1, 0.15) is 44.5 Å². The van der Waals surface area contributed by atoms with E-state index in [1.165, 1.54) is 11.3 Å². The lowest BCUT2D eigenvalue weighted by Gasteiger charge is -2.18. The van der Waals surface area contributed by atoms with Gasteiger partial charge in [-0.2, -0.15) is 0 Å². The van der Waals surface area contributed by atoms with Crippen LogP contribution in [0.2, 0.25) is 0 Å². The molecule has 0 aliphatic heterocycles. The van der Waals surface area contributed by atoms with E-state index in [4.69, 9.17) is 0 Å². The molecule has 0 saturated heterocycles. The third-order valence-corrected chi connectivity index (χ3v) is 4.65. The van der Waals surface area contributed by atoms with Crippen molar-refractivity contribution in [2.45, 2.75) is 39.5 Å². The molecule has 7 nitrogen and oxygen atoms in total. The van der Waals surface area contributed by atoms with Crippen LogP contribution >= 0.6 is 11.3 Å². The molecule has 2 aromatic rings. The van der Waals surface area contributed by atoms with E-state index >= 15 is 0 Å². The summed E-state index contributed by atoms with van der Waals surface area (Å²) >= 11 is 1.41. The second-order valence-corrected chi connectivity index (χ2v) is 8.09. The minimum absolute atomic E-state index is 0.0874. The van der Waals surface area contributed by atoms with Gasteiger partial charge in [-0.3, -0.25) is 10.1 Å². The van der Waals surface area contributed by atoms with Crippen LogP contribution in [-0.2, 0) is 4.79 Å². The van der Waals surface area contributed by atoms with Gasteiger partial charge in [0.15, 0.2) is 0 Å². The first-order valence-electron chi connectivity index (χ1n) is 8.14. The maximum absolute atomic E-state index is 12.1. The van der Waals surface area contributed by atoms with Gasteiger partial charge in [0.25, 0.3) is 0 Å². The number of urea groups is 1. The molecule has 1 aliphatic carbocycles. The van der Waals surface area contributed by atoms with Crippen molar-refractivity contribution in [1.82, 2.24) is 10.2 Å². The number of nitrogens with zero attached hydrogens (tertiary/aromatic N) is 2. The van der Waals surface area contributed by atoms with E-state index in [0.29, 0.717) is 22.4 Å². The molecule has 0 bridgehead atoms. The summed E-state index contributed by atoms with van der Waals surface area (Å²) < 4.78 is 0. The molecule has 1 heterocycles. The summed E-state index contributed by atoms with van der Waals surface area (Å²) in [5, 5.41) is 17.8. The van der Waals surface area contributed by atoms with E-state index in [0.717, 1.165) is 17.8 Å². The number of hydrogen-bond donors (Lipinski definition) is 3. The fraction of sp³-hybridized carbons (Fsp3) is 0.412. The van der Waals surface area contributed by atoms with Gasteiger partial charge in [-0.15, -0.1) is 10.2 Å². The Morgan fingerprint density at radius 3 is 2.40 bits per heavy atom. The number of carbonyl (C=O) groups is 2. The minimum Gasteiger partial charge on any atom is -0.326 e. The largest absolute Gasteiger partial charge is 0.326 e. The fourth-order valence-corrected chi connectivity index (χ4v) is 2.94. The molecule has 3 amide bonds. The van der Waals surface area contributed by atoms with Crippen LogP contribution in [0.4, 0.5) is 21.3 Å². The molecule has 0 unspecified atom stereocenters. The SMILES string of the molecule is CC(C)(C)C(=O)Nc1cccc(NC(=O)Nc2nnc(C3CC3)s2)c1. The summed E-state index contributed by atoms with van der Waals surface area (Å²) in [6.45, 7) is 5.53. The number of anilines is 3. The summed E-state index contributed by atoms with van der Waals surface area (Å²) in [6, 6.07) is 6.61. The van der Waals surface area contributed by atoms with Gasteiger partial charge in [-0.05, 0) is 31.0 Å². The molecule has 1 fully saturated rings. The van der Waals surface area contributed by atoms with Gasteiger partial charge in [0.1, 0.15) is 5.01 Å². The molecule has 1 aromatic heterocycles. The Morgan fingerprint density at radius 1 is 1.08 bits per heavy atom. The average molecular weight is 359 g/mol. The molecule has 3 rings (SSSR count). The highest BCUT2D eigenvalue weighted by Gasteiger charge is 2.27. The van der Waals surface area contributed by atoms with E-state index in [2.05, 4.69) is 26.1 Å². The zero-order valence-corrected chi connectivity index (χ0v) is 15.2. The average Bonchev–Trinajstić information content (AvgIpc) is 3.27. The number of carbonyl (C=O) groups excluding carboxylic acids is 2. The number of nitrogens with one attached hydrogen (secondary N) is 3. The molecule has 1 saturated carbocycles. The van der Waals surface area contributed by atoms with Crippen LogP contribution in [-0.4, -0.2) is 22.1 Å². The molecule has 1 aromatic carbocycles. The molecule has 0 radical (unpaired) electrons. The van der Waals surface area contributed by atoms with Crippen LogP contribution in [0.25, 0.3) is 0 Å². The zero-order chi connectivity index (χ0) is 18.0. The third-order valence-electron chi connectivity index (χ3n) is 3.65. The molecule has 25 heavy (non-hydrogen) atoms. The number of hydrogen-bond acceptors (Lipinski definition) is 5. The first-order valence-corrected chi connectivity index (χ1v) is 8.96. The molecule has 3 N–H and O–H groups in total. The van der Waals surface area contributed by atoms with Gasteiger partial charge in [-0.1, -0.05) is 38.2 Å². The summed E-state index contributed by atoms with van der Waals surface area (Å²) in [5.74, 6) is 0.426. The lowest BCUT2D eigenvalue weighted by molar-refractivity contribution is -0.123. The molecular weight excluding hydrogens is 338 g/mol. The monoisotopic (exact) mass is 359 g/mol. The molecular formula is C17H21N5O2S. The Hall–Kier alpha value is -2.48. The quantitative estimate of drug-likeness (QED) is 0.767. The van der Waals surface area contributed by atoms with Crippen LogP contribution in [0.5, 0.6) is 0 Å². The maximum Gasteiger partial charge on any atom is 0.325 e. The van der Waals surface area contributed by atoms with Crippen LogP contribution < -0.4 is 16.0 Å². The van der Waals surface area contributed by atoms with Crippen molar-refractivity contribution < 1.29 is 9.59 Å². The van der Waals surface area contributed by atoms with Gasteiger partial charge in [0.2, 0.25) is 11.0 Å². The fourth-order valence-electron chi connectivity index (χ4n) is 2.03. The lowest BCUT2D eigenvalue weighted by atomic mass is 9.95. The van der Waals surface area contributed by atoms with Crippen molar-refractivity contribution in [3.05, 3.63) is 29.3 Å². The van der Waals surface area contributed by atoms with Crippen LogP contribution in [0.3, 0.4) is 0 Å². The zero-order valence-electron chi connectivity index (χ0n) is 14.4. The Bertz CT molecular complexity index is 792. The van der Waals surface area contributed by atoms with Crippen LogP contribution in [0.15, 0.2) is 24.3 Å². The van der Waals surface area contributed by atoms with Crippen molar-refractivity contribution in [2.75, 3.05) is 16.0 Å². The normalized spacial score (nSPS) is 14.0. The van der Waals surface area contributed by atoms with Crippen molar-refractivity contribution in [3.63, 3.8) is 0 Å². The van der Waals surface area contributed by atoms with Gasteiger partial charge < -0.3 is 10.6 Å². The van der Waals surface area contributed by atoms with Crippen molar-refractivity contribution in [2.24, 2.45) is 5.41 Å². The molecule has 1 aliphatic rings. The Morgan fingerprint density at radius 2 is 1.76 bits per heavy atom. The van der Waals surface area contributed by atoms with E-state index in [9.17, 15) is 9.59 Å². The van der Waals surface area contributed by atoms with Crippen molar-refractivity contribution in [3.8, 4) is 0 Å². The molecule has 132 valence electrons. The predicted octanol–water partition coefficient (Wildman–Crippen LogP) is 4.04. The number of aromatic nitrogens is 2. The number of benzene rings is 1. The summed E-state index contributed by atoms with van der Waals surface area (Å²) in [4.78, 5) is 24.1. The standard InChI is InChI=1S/C17H21N5O2S/c1-17(2,3)14(23)18-11-5-4-6-12(9-11)19-15(24)20-16-22-21-13(25-16)10-7-8-10/h4-6,9-10H,7-8H2,1-3H3,(H,18,23)(H2,19,20,22,24).